The molecule has 0 spiro atoms. The van der Waals surface area contributed by atoms with Crippen molar-refractivity contribution in [1.82, 2.24) is 44.8 Å². The number of nitrogens with zero attached hydrogens (tertiary/aromatic N) is 7. The van der Waals surface area contributed by atoms with E-state index in [0.29, 0.717) is 87.6 Å². The van der Waals surface area contributed by atoms with Crippen molar-refractivity contribution in [1.29, 1.82) is 0 Å². The van der Waals surface area contributed by atoms with Crippen LogP contribution < -0.4 is 21.5 Å². The fourth-order valence-electron chi connectivity index (χ4n) is 8.64. The van der Waals surface area contributed by atoms with Gasteiger partial charge in [-0.05, 0) is 97.9 Å². The van der Waals surface area contributed by atoms with Gasteiger partial charge in [-0.2, -0.15) is 21.7 Å². The number of carbonyl (C=O) groups excluding carboxylic acids is 1. The highest BCUT2D eigenvalue weighted by Crippen LogP contribution is 2.53. The molecule has 17 nitrogen and oxygen atoms in total. The lowest BCUT2D eigenvalue weighted by Crippen LogP contribution is -2.30. The van der Waals surface area contributed by atoms with Crippen LogP contribution in [0.5, 0.6) is 6.01 Å². The Morgan fingerprint density at radius 2 is 1.74 bits per heavy atom. The highest BCUT2D eigenvalue weighted by atomic mass is 35.5. The zero-order chi connectivity index (χ0) is 51.9. The summed E-state index contributed by atoms with van der Waals surface area (Å²) < 4.78 is 25.8. The Labute approximate surface area is 440 Å². The van der Waals surface area contributed by atoms with E-state index in [2.05, 4.69) is 80.0 Å². The number of aryl methyl sites for hydroxylation is 1. The maximum atomic E-state index is 13.2. The van der Waals surface area contributed by atoms with Crippen LogP contribution in [0.2, 0.25) is 5.02 Å². The molecule has 8 rings (SSSR count). The number of unbranched alkanes of at least 4 members (excludes halogenated alkanes) is 1. The summed E-state index contributed by atoms with van der Waals surface area (Å²) in [6.45, 7) is 9.61. The number of pyridine rings is 1. The molecular formula is C55H67ClN10O7S. The molecular weight excluding hydrogens is 980 g/mol. The average molecular weight is 1050 g/mol. The van der Waals surface area contributed by atoms with Crippen molar-refractivity contribution in [3.05, 3.63) is 134 Å². The highest BCUT2D eigenvalue weighted by molar-refractivity contribution is 7.99. The number of nitrogens with one attached hydrogen (secondary N) is 2. The lowest BCUT2D eigenvalue weighted by molar-refractivity contribution is -0.122. The minimum Gasteiger partial charge on any atom is -0.463 e. The summed E-state index contributed by atoms with van der Waals surface area (Å²) in [6.07, 6.45) is 11.9. The number of hydrogen-bond donors (Lipinski definition) is 4. The summed E-state index contributed by atoms with van der Waals surface area (Å²) in [5.41, 5.74) is 12.1. The third-order valence-corrected chi connectivity index (χ3v) is 14.8. The molecule has 1 amide bonds. The zero-order valence-electron chi connectivity index (χ0n) is 42.4. The van der Waals surface area contributed by atoms with E-state index in [-0.39, 0.29) is 40.6 Å². The molecule has 392 valence electrons. The minimum absolute atomic E-state index is 0.0316. The summed E-state index contributed by atoms with van der Waals surface area (Å²) >= 11 is 8.18. The SMILES string of the molecule is CCCCOc1nc(N)c2[nH]c(=O)n(Cc3cn(CCOCCOCCOCCNC(=O)CC4(CSC(CCc5ccccc5C(C)(C)O)c5cccc(/C=C/c6ccc7ccc(Cl)cc7n6)c5)CC4)nn3)c2n1. The first-order chi connectivity index (χ1) is 35.8. The van der Waals surface area contributed by atoms with Gasteiger partial charge in [0.05, 0.1) is 82.3 Å². The lowest BCUT2D eigenvalue weighted by Gasteiger charge is -2.24. The third kappa shape index (κ3) is 15.5. The number of halogens is 1. The van der Waals surface area contributed by atoms with Gasteiger partial charge in [0.25, 0.3) is 0 Å². The maximum absolute atomic E-state index is 13.2. The molecule has 0 saturated heterocycles. The fourth-order valence-corrected chi connectivity index (χ4v) is 10.4. The number of aromatic nitrogens is 8. The Morgan fingerprint density at radius 3 is 2.54 bits per heavy atom. The summed E-state index contributed by atoms with van der Waals surface area (Å²) in [5, 5.41) is 24.3. The summed E-state index contributed by atoms with van der Waals surface area (Å²) in [4.78, 5) is 42.0. The number of amides is 1. The van der Waals surface area contributed by atoms with Gasteiger partial charge in [-0.15, -0.1) is 5.10 Å². The van der Waals surface area contributed by atoms with Crippen molar-refractivity contribution in [2.24, 2.45) is 5.41 Å². The largest absolute Gasteiger partial charge is 0.463 e. The van der Waals surface area contributed by atoms with Crippen LogP contribution in [0.3, 0.4) is 0 Å². The van der Waals surface area contributed by atoms with Crippen LogP contribution in [0, 0.1) is 5.41 Å². The number of rotatable bonds is 30. The molecule has 1 fully saturated rings. The van der Waals surface area contributed by atoms with E-state index in [9.17, 15) is 14.7 Å². The Hall–Kier alpha value is -6.15. The number of ether oxygens (including phenoxy) is 4. The Kier molecular flexibility index (Phi) is 18.9. The summed E-state index contributed by atoms with van der Waals surface area (Å²) in [5.74, 6) is 1.06. The first-order valence-corrected chi connectivity index (χ1v) is 26.8. The van der Waals surface area contributed by atoms with Crippen LogP contribution in [0.1, 0.15) is 98.2 Å². The van der Waals surface area contributed by atoms with Crippen LogP contribution in [-0.2, 0) is 44.1 Å². The number of thioether (sulfide) groups is 1. The molecule has 0 radical (unpaired) electrons. The van der Waals surface area contributed by atoms with Gasteiger partial charge in [-0.3, -0.25) is 9.36 Å². The Morgan fingerprint density at radius 1 is 0.959 bits per heavy atom. The van der Waals surface area contributed by atoms with Gasteiger partial charge in [-0.25, -0.2) is 14.5 Å². The molecule has 5 N–H and O–H groups in total. The first-order valence-electron chi connectivity index (χ1n) is 25.4. The van der Waals surface area contributed by atoms with Gasteiger partial charge < -0.3 is 40.1 Å². The summed E-state index contributed by atoms with van der Waals surface area (Å²) in [6, 6.07) is 26.8. The van der Waals surface area contributed by atoms with Crippen molar-refractivity contribution in [2.75, 3.05) is 64.3 Å². The molecule has 7 aromatic rings. The van der Waals surface area contributed by atoms with Crippen LogP contribution in [0.25, 0.3) is 34.2 Å². The van der Waals surface area contributed by atoms with Crippen molar-refractivity contribution in [3.8, 4) is 6.01 Å². The highest BCUT2D eigenvalue weighted by Gasteiger charge is 2.44. The van der Waals surface area contributed by atoms with Crippen LogP contribution >= 0.6 is 23.4 Å². The van der Waals surface area contributed by atoms with Gasteiger partial charge >= 0.3 is 11.7 Å². The first kappa shape index (κ1) is 54.1. The molecule has 4 heterocycles. The standard InChI is InChI=1S/C55H67ClN10O7S/c1-4-5-25-73-52-61-50(57)49-51(62-52)66(53(68)60-49)36-44-35-65(64-63-44)24-27-71-29-31-72-30-28-70-26-23-58-48(67)34-55(21-22-55)37-74-47(20-16-39-10-6-7-12-45(39)54(2,3)69)41-11-8-9-38(32-41)13-18-43-19-15-40-14-17-42(56)33-46(40)59-43/h6-15,17-19,32-33,35,47,69H,4-5,16,20-31,34,36-37H2,1-3H3,(H,58,67)(H,60,68)(H2,57,61,62)/b18-13+. The van der Waals surface area contributed by atoms with E-state index in [1.54, 1.807) is 10.9 Å². The van der Waals surface area contributed by atoms with Crippen molar-refractivity contribution < 1.29 is 28.8 Å². The predicted molar refractivity (Wildman–Crippen MR) is 291 cm³/mol. The van der Waals surface area contributed by atoms with Gasteiger partial charge in [0.1, 0.15) is 11.2 Å². The number of aliphatic hydroxyl groups is 1. The molecule has 1 aliphatic rings. The number of H-pyrrole nitrogens is 1. The van der Waals surface area contributed by atoms with Crippen molar-refractivity contribution in [2.45, 2.75) is 89.7 Å². The van der Waals surface area contributed by atoms with Crippen molar-refractivity contribution >= 4 is 69.3 Å². The molecule has 1 unspecified atom stereocenters. The molecule has 1 saturated carbocycles. The van der Waals surface area contributed by atoms with Gasteiger partial charge in [0.15, 0.2) is 11.5 Å². The number of benzene rings is 3. The molecule has 3 aromatic carbocycles. The number of aromatic amines is 1. The van der Waals surface area contributed by atoms with E-state index in [1.807, 2.05) is 74.1 Å². The molecule has 19 heteroatoms. The number of anilines is 1. The van der Waals surface area contributed by atoms with E-state index in [4.69, 9.17) is 41.3 Å². The number of imidazole rings is 1. The second-order valence-corrected chi connectivity index (χ2v) is 20.9. The van der Waals surface area contributed by atoms with E-state index in [1.165, 1.54) is 10.1 Å². The number of nitrogen functional groups attached to an aromatic ring is 1. The van der Waals surface area contributed by atoms with Crippen LogP contribution in [0.15, 0.2) is 89.9 Å². The Bertz CT molecular complexity index is 3060. The minimum atomic E-state index is -0.945. The Balaban J connectivity index is 0.728. The van der Waals surface area contributed by atoms with Crippen molar-refractivity contribution in [3.63, 3.8) is 0 Å². The topological polar surface area (TPSA) is 219 Å². The zero-order valence-corrected chi connectivity index (χ0v) is 44.0. The lowest BCUT2D eigenvalue weighted by atomic mass is 9.90. The smallest absolute Gasteiger partial charge is 0.328 e. The summed E-state index contributed by atoms with van der Waals surface area (Å²) in [7, 11) is 0. The van der Waals surface area contributed by atoms with E-state index in [0.717, 1.165) is 77.6 Å². The molecule has 1 aliphatic carbocycles. The van der Waals surface area contributed by atoms with E-state index >= 15 is 0 Å². The quantitative estimate of drug-likeness (QED) is 0.0310. The molecule has 4 aromatic heterocycles. The second-order valence-electron chi connectivity index (χ2n) is 19.3. The van der Waals surface area contributed by atoms with Gasteiger partial charge in [0.2, 0.25) is 5.91 Å². The second kappa shape index (κ2) is 25.9. The third-order valence-electron chi connectivity index (χ3n) is 12.9. The molecule has 74 heavy (non-hydrogen) atoms. The van der Waals surface area contributed by atoms with Gasteiger partial charge in [-0.1, -0.05) is 96.9 Å². The predicted octanol–water partition coefficient (Wildman–Crippen LogP) is 8.56. The van der Waals surface area contributed by atoms with Gasteiger partial charge in [0, 0.05) is 34.4 Å². The molecule has 0 bridgehead atoms. The van der Waals surface area contributed by atoms with E-state index < -0.39 is 5.60 Å². The number of fused-ring (bicyclic) bond motifs is 2. The fraction of sp³-hybridized carbons (Fsp3) is 0.436. The maximum Gasteiger partial charge on any atom is 0.328 e. The molecule has 0 aliphatic heterocycles. The molecule has 1 atom stereocenters. The number of hydrogen-bond acceptors (Lipinski definition) is 14. The number of nitrogens with two attached hydrogens (primary N) is 1. The average Bonchev–Trinajstić information content (AvgIpc) is 3.87. The monoisotopic (exact) mass is 1050 g/mol. The van der Waals surface area contributed by atoms with Crippen LogP contribution in [0.4, 0.5) is 5.82 Å². The number of carbonyl (C=O) groups is 1. The normalized spacial score (nSPS) is 13.8. The van der Waals surface area contributed by atoms with Crippen LogP contribution in [-0.4, -0.2) is 109 Å².